The topological polar surface area (TPSA) is 64.3 Å². The van der Waals surface area contributed by atoms with Crippen LogP contribution in [0.5, 0.6) is 5.75 Å². The Bertz CT molecular complexity index is 493. The first-order valence-corrected chi connectivity index (χ1v) is 8.64. The number of nitrogens with two attached hydrogens (primary N) is 1. The van der Waals surface area contributed by atoms with Crippen molar-refractivity contribution in [2.45, 2.75) is 44.4 Å². The molecule has 2 rings (SSSR count). The zero-order valence-corrected chi connectivity index (χ0v) is 13.5. The van der Waals surface area contributed by atoms with Gasteiger partial charge >= 0.3 is 0 Å². The van der Waals surface area contributed by atoms with Gasteiger partial charge in [-0.15, -0.1) is 0 Å². The van der Waals surface area contributed by atoms with Crippen molar-refractivity contribution in [1.29, 1.82) is 0 Å². The van der Waals surface area contributed by atoms with Crippen LogP contribution in [-0.4, -0.2) is 29.6 Å². The van der Waals surface area contributed by atoms with Gasteiger partial charge in [-0.25, -0.2) is 0 Å². The molecule has 0 aliphatic heterocycles. The Hall–Kier alpha value is -1.36. The number of ether oxygens (including phenoxy) is 1. The molecule has 2 atom stereocenters. The number of nitrogen functional groups attached to an aromatic ring is 1. The number of nitrogens with one attached hydrogen (secondary N) is 1. The first kappa shape index (κ1) is 16.0. The van der Waals surface area contributed by atoms with Crippen molar-refractivity contribution in [2.24, 2.45) is 0 Å². The molecule has 0 heterocycles. The van der Waals surface area contributed by atoms with Crippen LogP contribution in [0.3, 0.4) is 0 Å². The molecule has 5 heteroatoms. The predicted octanol–water partition coefficient (Wildman–Crippen LogP) is 3.07. The third kappa shape index (κ3) is 4.06. The summed E-state index contributed by atoms with van der Waals surface area (Å²) >= 11 is 1.98. The Morgan fingerprint density at radius 3 is 2.95 bits per heavy atom. The number of rotatable bonds is 6. The van der Waals surface area contributed by atoms with Crippen LogP contribution < -0.4 is 15.8 Å². The lowest BCUT2D eigenvalue weighted by molar-refractivity contribution is 0.0935. The van der Waals surface area contributed by atoms with Gasteiger partial charge in [-0.1, -0.05) is 13.0 Å². The van der Waals surface area contributed by atoms with E-state index in [0.29, 0.717) is 28.9 Å². The molecule has 0 aromatic heterocycles. The highest BCUT2D eigenvalue weighted by molar-refractivity contribution is 7.99. The molecule has 1 aromatic rings. The summed E-state index contributed by atoms with van der Waals surface area (Å²) < 4.78 is 5.52. The molecule has 1 aromatic carbocycles. The second-order valence-electron chi connectivity index (χ2n) is 5.21. The lowest BCUT2D eigenvalue weighted by Gasteiger charge is -2.16. The summed E-state index contributed by atoms with van der Waals surface area (Å²) in [7, 11) is 0. The molecule has 4 nitrogen and oxygen atoms in total. The predicted molar refractivity (Wildman–Crippen MR) is 89.0 cm³/mol. The monoisotopic (exact) mass is 308 g/mol. The normalized spacial score (nSPS) is 21.2. The first-order valence-electron chi connectivity index (χ1n) is 7.59. The number of hydrogen-bond donors (Lipinski definition) is 2. The number of carbonyl (C=O) groups is 1. The second-order valence-corrected chi connectivity index (χ2v) is 6.79. The van der Waals surface area contributed by atoms with Crippen molar-refractivity contribution >= 4 is 23.4 Å². The number of amides is 1. The quantitative estimate of drug-likeness (QED) is 0.793. The van der Waals surface area contributed by atoms with Crippen molar-refractivity contribution in [3.63, 3.8) is 0 Å². The summed E-state index contributed by atoms with van der Waals surface area (Å²) in [6.45, 7) is 4.59. The Balaban J connectivity index is 2.04. The van der Waals surface area contributed by atoms with Crippen LogP contribution in [-0.2, 0) is 0 Å². The van der Waals surface area contributed by atoms with E-state index in [4.69, 9.17) is 10.5 Å². The molecule has 1 saturated carbocycles. The third-order valence-corrected chi connectivity index (χ3v) is 4.94. The summed E-state index contributed by atoms with van der Waals surface area (Å²) in [6.07, 6.45) is 3.26. The third-order valence-electron chi connectivity index (χ3n) is 3.71. The van der Waals surface area contributed by atoms with E-state index in [9.17, 15) is 4.79 Å². The number of hydrogen-bond acceptors (Lipinski definition) is 4. The van der Waals surface area contributed by atoms with Crippen molar-refractivity contribution in [2.75, 3.05) is 18.1 Å². The maximum atomic E-state index is 12.5. The van der Waals surface area contributed by atoms with Crippen LogP contribution in [0.2, 0.25) is 0 Å². The van der Waals surface area contributed by atoms with Crippen molar-refractivity contribution in [3.8, 4) is 5.75 Å². The van der Waals surface area contributed by atoms with E-state index in [-0.39, 0.29) is 11.9 Å². The maximum absolute atomic E-state index is 12.5. The summed E-state index contributed by atoms with van der Waals surface area (Å²) in [6, 6.07) is 5.58. The van der Waals surface area contributed by atoms with Crippen molar-refractivity contribution in [1.82, 2.24) is 5.32 Å². The Labute approximate surface area is 130 Å². The Kier molecular flexibility index (Phi) is 5.79. The number of thioether (sulfide) groups is 1. The fourth-order valence-corrected chi connectivity index (χ4v) is 3.93. The molecule has 0 radical (unpaired) electrons. The fraction of sp³-hybridized carbons (Fsp3) is 0.562. The summed E-state index contributed by atoms with van der Waals surface area (Å²) in [5.74, 6) is 1.57. The zero-order chi connectivity index (χ0) is 15.2. The van der Waals surface area contributed by atoms with E-state index in [2.05, 4.69) is 12.2 Å². The van der Waals surface area contributed by atoms with Crippen LogP contribution >= 0.6 is 11.8 Å². The van der Waals surface area contributed by atoms with Gasteiger partial charge in [0, 0.05) is 17.0 Å². The van der Waals surface area contributed by atoms with Gasteiger partial charge in [0.05, 0.1) is 6.61 Å². The molecule has 2 unspecified atom stereocenters. The van der Waals surface area contributed by atoms with Crippen LogP contribution in [0.25, 0.3) is 0 Å². The molecule has 0 saturated heterocycles. The largest absolute Gasteiger partial charge is 0.493 e. The van der Waals surface area contributed by atoms with E-state index < -0.39 is 0 Å². The average molecular weight is 308 g/mol. The van der Waals surface area contributed by atoms with Crippen LogP contribution in [0.1, 0.15) is 43.5 Å². The molecule has 1 fully saturated rings. The highest BCUT2D eigenvalue weighted by atomic mass is 32.2. The lowest BCUT2D eigenvalue weighted by Crippen LogP contribution is -2.33. The van der Waals surface area contributed by atoms with Crippen LogP contribution in [0, 0.1) is 0 Å². The maximum Gasteiger partial charge on any atom is 0.257 e. The standard InChI is InChI=1S/C16H24N2O2S/c1-3-20-14-7-5-6-13(17)15(14)16(19)18-11-8-9-12(10-11)21-4-2/h5-7,11-12H,3-4,8-10,17H2,1-2H3,(H,18,19). The van der Waals surface area contributed by atoms with E-state index >= 15 is 0 Å². The van der Waals surface area contributed by atoms with Crippen molar-refractivity contribution < 1.29 is 9.53 Å². The minimum atomic E-state index is -0.122. The number of anilines is 1. The first-order chi connectivity index (χ1) is 10.2. The molecule has 0 spiro atoms. The van der Waals surface area contributed by atoms with Gasteiger partial charge in [0.15, 0.2) is 0 Å². The summed E-state index contributed by atoms with van der Waals surface area (Å²) in [5.41, 5.74) is 6.89. The lowest BCUT2D eigenvalue weighted by atomic mass is 10.1. The van der Waals surface area contributed by atoms with Gasteiger partial charge in [-0.3, -0.25) is 4.79 Å². The smallest absolute Gasteiger partial charge is 0.257 e. The van der Waals surface area contributed by atoms with Gasteiger partial charge in [0.25, 0.3) is 5.91 Å². The number of carbonyl (C=O) groups excluding carboxylic acids is 1. The molecule has 21 heavy (non-hydrogen) atoms. The van der Waals surface area contributed by atoms with Crippen LogP contribution in [0.4, 0.5) is 5.69 Å². The zero-order valence-electron chi connectivity index (χ0n) is 12.7. The van der Waals surface area contributed by atoms with Gasteiger partial charge in [-0.05, 0) is 44.1 Å². The average Bonchev–Trinajstić information content (AvgIpc) is 2.87. The minimum Gasteiger partial charge on any atom is -0.493 e. The highest BCUT2D eigenvalue weighted by Crippen LogP contribution is 2.31. The van der Waals surface area contributed by atoms with Gasteiger partial charge < -0.3 is 15.8 Å². The molecule has 1 amide bonds. The van der Waals surface area contributed by atoms with Gasteiger partial charge in [0.1, 0.15) is 11.3 Å². The highest BCUT2D eigenvalue weighted by Gasteiger charge is 2.27. The molecule has 3 N–H and O–H groups in total. The fourth-order valence-electron chi connectivity index (χ4n) is 2.78. The van der Waals surface area contributed by atoms with E-state index in [1.165, 1.54) is 6.42 Å². The molecule has 116 valence electrons. The SMILES string of the molecule is CCOc1cccc(N)c1C(=O)NC1CCC(SCC)C1. The van der Waals surface area contributed by atoms with E-state index in [1.54, 1.807) is 18.2 Å². The number of benzene rings is 1. The van der Waals surface area contributed by atoms with Crippen molar-refractivity contribution in [3.05, 3.63) is 23.8 Å². The summed E-state index contributed by atoms with van der Waals surface area (Å²) in [4.78, 5) is 12.5. The molecule has 1 aliphatic carbocycles. The van der Waals surface area contributed by atoms with E-state index in [1.807, 2.05) is 18.7 Å². The Morgan fingerprint density at radius 1 is 1.43 bits per heavy atom. The van der Waals surface area contributed by atoms with Gasteiger partial charge in [0.2, 0.25) is 0 Å². The van der Waals surface area contributed by atoms with Crippen LogP contribution in [0.15, 0.2) is 18.2 Å². The molecule has 1 aliphatic rings. The molecular weight excluding hydrogens is 284 g/mol. The van der Waals surface area contributed by atoms with E-state index in [0.717, 1.165) is 18.6 Å². The van der Waals surface area contributed by atoms with Gasteiger partial charge in [-0.2, -0.15) is 11.8 Å². The second kappa shape index (κ2) is 7.59. The Morgan fingerprint density at radius 2 is 2.24 bits per heavy atom. The summed E-state index contributed by atoms with van der Waals surface area (Å²) in [5, 5.41) is 3.78. The minimum absolute atomic E-state index is 0.122. The molecular formula is C16H24N2O2S. The molecule has 0 bridgehead atoms.